The second-order valence-electron chi connectivity index (χ2n) is 5.97. The highest BCUT2D eigenvalue weighted by Gasteiger charge is 2.21. The number of rotatable bonds is 5. The Kier molecular flexibility index (Phi) is 4.52. The van der Waals surface area contributed by atoms with Crippen molar-refractivity contribution in [1.82, 2.24) is 4.90 Å². The molecule has 2 aromatic rings. The normalized spacial score (nSPS) is 13.3. The molecule has 0 atom stereocenters. The van der Waals surface area contributed by atoms with Crippen molar-refractivity contribution >= 4 is 11.4 Å². The van der Waals surface area contributed by atoms with E-state index in [0.717, 1.165) is 17.7 Å². The van der Waals surface area contributed by atoms with E-state index in [1.807, 2.05) is 62.6 Å². The van der Waals surface area contributed by atoms with Crippen LogP contribution in [0.3, 0.4) is 0 Å². The molecule has 122 valence electrons. The van der Waals surface area contributed by atoms with E-state index in [9.17, 15) is 4.79 Å². The molecule has 0 aliphatic heterocycles. The summed E-state index contributed by atoms with van der Waals surface area (Å²) >= 11 is 0. The molecule has 1 aliphatic carbocycles. The van der Waals surface area contributed by atoms with Gasteiger partial charge >= 0.3 is 0 Å². The lowest BCUT2D eigenvalue weighted by Gasteiger charge is -2.18. The van der Waals surface area contributed by atoms with Crippen molar-refractivity contribution in [3.63, 3.8) is 0 Å². The highest BCUT2D eigenvalue weighted by Crippen LogP contribution is 2.34. The zero-order chi connectivity index (χ0) is 17.1. The van der Waals surface area contributed by atoms with E-state index in [-0.39, 0.29) is 5.78 Å². The molecule has 0 bridgehead atoms. The number of allylic oxidation sites excluding steroid dienone is 3. The van der Waals surface area contributed by atoms with Crippen LogP contribution in [0.4, 0.5) is 0 Å². The predicted molar refractivity (Wildman–Crippen MR) is 97.2 cm³/mol. The Morgan fingerprint density at radius 1 is 1.08 bits per heavy atom. The lowest BCUT2D eigenvalue weighted by atomic mass is 9.92. The second-order valence-corrected chi connectivity index (χ2v) is 5.97. The first-order valence-corrected chi connectivity index (χ1v) is 7.97. The van der Waals surface area contributed by atoms with Gasteiger partial charge in [0.25, 0.3) is 0 Å². The van der Waals surface area contributed by atoms with Gasteiger partial charge in [-0.3, -0.25) is 4.79 Å². The molecule has 0 unspecified atom stereocenters. The average molecular weight is 319 g/mol. The van der Waals surface area contributed by atoms with Crippen molar-refractivity contribution < 1.29 is 9.53 Å². The smallest absolute Gasteiger partial charge is 0.193 e. The molecule has 3 nitrogen and oxygen atoms in total. The summed E-state index contributed by atoms with van der Waals surface area (Å²) in [6.45, 7) is 0. The van der Waals surface area contributed by atoms with Crippen molar-refractivity contribution in [2.24, 2.45) is 0 Å². The minimum Gasteiger partial charge on any atom is -0.497 e. The van der Waals surface area contributed by atoms with E-state index < -0.39 is 0 Å². The number of benzene rings is 2. The molecule has 0 saturated heterocycles. The molecule has 0 spiro atoms. The van der Waals surface area contributed by atoms with Crippen LogP contribution >= 0.6 is 0 Å². The van der Waals surface area contributed by atoms with Crippen molar-refractivity contribution in [2.75, 3.05) is 21.2 Å². The summed E-state index contributed by atoms with van der Waals surface area (Å²) in [4.78, 5) is 15.1. The molecule has 0 radical (unpaired) electrons. The lowest BCUT2D eigenvalue weighted by Crippen LogP contribution is -2.12. The van der Waals surface area contributed by atoms with E-state index in [1.54, 1.807) is 7.11 Å². The lowest BCUT2D eigenvalue weighted by molar-refractivity contribution is 0.103. The van der Waals surface area contributed by atoms with E-state index in [4.69, 9.17) is 4.74 Å². The number of ketones is 1. The van der Waals surface area contributed by atoms with E-state index in [1.165, 1.54) is 5.57 Å². The standard InChI is InChI=1S/C21H21NO2/c1-22(2)20-11-7-10-18(20)17-13-12-16(24-3)14-19(17)21(23)15-8-5-4-6-9-15/h4-9,11-14H,10H2,1-3H3. The molecular weight excluding hydrogens is 298 g/mol. The highest BCUT2D eigenvalue weighted by molar-refractivity contribution is 6.12. The quantitative estimate of drug-likeness (QED) is 0.775. The number of methoxy groups -OCH3 is 1. The minimum absolute atomic E-state index is 0.0157. The van der Waals surface area contributed by atoms with Crippen LogP contribution in [0.1, 0.15) is 27.9 Å². The Morgan fingerprint density at radius 3 is 2.50 bits per heavy atom. The van der Waals surface area contributed by atoms with E-state index >= 15 is 0 Å². The molecule has 0 aromatic heterocycles. The van der Waals surface area contributed by atoms with Crippen LogP contribution in [0.5, 0.6) is 5.75 Å². The molecule has 3 rings (SSSR count). The van der Waals surface area contributed by atoms with Crippen molar-refractivity contribution in [1.29, 1.82) is 0 Å². The van der Waals surface area contributed by atoms with Gasteiger partial charge in [-0.05, 0) is 35.8 Å². The molecule has 24 heavy (non-hydrogen) atoms. The third-order valence-electron chi connectivity index (χ3n) is 4.22. The molecular formula is C21H21NO2. The van der Waals surface area contributed by atoms with Crippen molar-refractivity contribution in [3.8, 4) is 5.75 Å². The summed E-state index contributed by atoms with van der Waals surface area (Å²) in [6, 6.07) is 15.1. The molecule has 1 aliphatic rings. The maximum Gasteiger partial charge on any atom is 0.193 e. The average Bonchev–Trinajstić information content (AvgIpc) is 3.11. The van der Waals surface area contributed by atoms with Gasteiger partial charge in [-0.1, -0.05) is 42.5 Å². The number of carbonyl (C=O) groups excluding carboxylic acids is 1. The maximum absolute atomic E-state index is 13.1. The molecule has 2 aromatic carbocycles. The predicted octanol–water partition coefficient (Wildman–Crippen LogP) is 4.16. The van der Waals surface area contributed by atoms with E-state index in [2.05, 4.69) is 17.1 Å². The van der Waals surface area contributed by atoms with Gasteiger partial charge in [-0.15, -0.1) is 0 Å². The third-order valence-corrected chi connectivity index (χ3v) is 4.22. The monoisotopic (exact) mass is 319 g/mol. The fourth-order valence-corrected chi connectivity index (χ4v) is 3.01. The summed E-state index contributed by atoms with van der Waals surface area (Å²) in [7, 11) is 5.66. The van der Waals surface area contributed by atoms with Gasteiger partial charge < -0.3 is 9.64 Å². The Bertz CT molecular complexity index is 817. The van der Waals surface area contributed by atoms with Gasteiger partial charge in [-0.25, -0.2) is 0 Å². The highest BCUT2D eigenvalue weighted by atomic mass is 16.5. The summed E-state index contributed by atoms with van der Waals surface area (Å²) in [5, 5.41) is 0. The Labute approximate surface area is 142 Å². The van der Waals surface area contributed by atoms with Crippen LogP contribution in [-0.2, 0) is 0 Å². The van der Waals surface area contributed by atoms with E-state index in [0.29, 0.717) is 16.9 Å². The molecule has 0 N–H and O–H groups in total. The first-order valence-electron chi connectivity index (χ1n) is 7.97. The van der Waals surface area contributed by atoms with Crippen molar-refractivity contribution in [2.45, 2.75) is 6.42 Å². The van der Waals surface area contributed by atoms with Gasteiger partial charge in [0, 0.05) is 30.9 Å². The Morgan fingerprint density at radius 2 is 1.83 bits per heavy atom. The van der Waals surface area contributed by atoms with Crippen LogP contribution in [0.25, 0.3) is 5.57 Å². The van der Waals surface area contributed by atoms with Gasteiger partial charge in [0.2, 0.25) is 0 Å². The van der Waals surface area contributed by atoms with Crippen LogP contribution in [0.2, 0.25) is 0 Å². The summed E-state index contributed by atoms with van der Waals surface area (Å²) < 4.78 is 5.34. The number of hydrogen-bond donors (Lipinski definition) is 0. The fraction of sp³-hybridized carbons (Fsp3) is 0.190. The minimum atomic E-state index is 0.0157. The number of hydrogen-bond acceptors (Lipinski definition) is 3. The van der Waals surface area contributed by atoms with Gasteiger partial charge in [0.1, 0.15) is 5.75 Å². The SMILES string of the molecule is COc1ccc(C2=C(N(C)C)C=CC2)c(C(=O)c2ccccc2)c1. The van der Waals surface area contributed by atoms with Crippen molar-refractivity contribution in [3.05, 3.63) is 83.1 Å². The molecule has 0 heterocycles. The van der Waals surface area contributed by atoms with Crippen LogP contribution in [0, 0.1) is 0 Å². The molecule has 0 amide bonds. The Balaban J connectivity index is 2.15. The fourth-order valence-electron chi connectivity index (χ4n) is 3.01. The van der Waals surface area contributed by atoms with Gasteiger partial charge in [-0.2, -0.15) is 0 Å². The summed E-state index contributed by atoms with van der Waals surface area (Å²) in [5.74, 6) is 0.706. The largest absolute Gasteiger partial charge is 0.497 e. The van der Waals surface area contributed by atoms with Crippen LogP contribution < -0.4 is 4.74 Å². The van der Waals surface area contributed by atoms with Gasteiger partial charge in [0.05, 0.1) is 7.11 Å². The maximum atomic E-state index is 13.1. The molecule has 3 heteroatoms. The topological polar surface area (TPSA) is 29.5 Å². The Hall–Kier alpha value is -2.81. The number of nitrogens with zero attached hydrogens (tertiary/aromatic N) is 1. The molecule has 0 fully saturated rings. The second kappa shape index (κ2) is 6.75. The number of likely N-dealkylation sites (N-methyl/N-ethyl adjacent to an activating group) is 1. The summed E-state index contributed by atoms with van der Waals surface area (Å²) in [6.07, 6.45) is 5.07. The van der Waals surface area contributed by atoms with Crippen LogP contribution in [-0.4, -0.2) is 31.9 Å². The number of carbonyl (C=O) groups is 1. The molecule has 0 saturated carbocycles. The van der Waals surface area contributed by atoms with Gasteiger partial charge in [0.15, 0.2) is 5.78 Å². The summed E-state index contributed by atoms with van der Waals surface area (Å²) in [5.41, 5.74) is 4.64. The first kappa shape index (κ1) is 16.1. The first-order chi connectivity index (χ1) is 11.6. The zero-order valence-corrected chi connectivity index (χ0v) is 14.2. The zero-order valence-electron chi connectivity index (χ0n) is 14.2. The third kappa shape index (κ3) is 2.98. The number of ether oxygens (including phenoxy) is 1. The van der Waals surface area contributed by atoms with Crippen LogP contribution in [0.15, 0.2) is 66.4 Å².